The Labute approximate surface area is 101 Å². The van der Waals surface area contributed by atoms with Crippen molar-refractivity contribution in [2.45, 2.75) is 0 Å². The third kappa shape index (κ3) is 10.2. The van der Waals surface area contributed by atoms with Gasteiger partial charge in [0, 0.05) is 26.2 Å². The van der Waals surface area contributed by atoms with Crippen LogP contribution in [0.1, 0.15) is 0 Å². The maximum atomic E-state index is 11.2. The van der Waals surface area contributed by atoms with E-state index in [4.69, 9.17) is 14.9 Å². The van der Waals surface area contributed by atoms with Gasteiger partial charge in [0.05, 0.1) is 19.8 Å². The van der Waals surface area contributed by atoms with Crippen LogP contribution in [0.25, 0.3) is 0 Å². The van der Waals surface area contributed by atoms with Crippen LogP contribution in [-0.2, 0) is 14.6 Å². The van der Waals surface area contributed by atoms with Gasteiger partial charge in [-0.25, -0.2) is 5.11 Å². The maximum Gasteiger partial charge on any atom is 0.246 e. The Morgan fingerprint density at radius 1 is 1.18 bits per heavy atom. The summed E-state index contributed by atoms with van der Waals surface area (Å²) in [6.45, 7) is 1.49. The number of nitrogens with zero attached hydrogens (tertiary/aromatic N) is 1. The lowest BCUT2D eigenvalue weighted by Gasteiger charge is -2.20. The van der Waals surface area contributed by atoms with Crippen molar-refractivity contribution in [3.05, 3.63) is 0 Å². The monoisotopic (exact) mass is 249 g/mol. The van der Waals surface area contributed by atoms with Crippen LogP contribution in [0.15, 0.2) is 0 Å². The second kappa shape index (κ2) is 11.7. The number of amides is 1. The van der Waals surface area contributed by atoms with Crippen LogP contribution in [0.3, 0.4) is 0 Å². The van der Waals surface area contributed by atoms with E-state index in [0.29, 0.717) is 26.2 Å². The number of nitrogens with one attached hydrogen (secondary N) is 1. The smallest absolute Gasteiger partial charge is 0.246 e. The van der Waals surface area contributed by atoms with Crippen molar-refractivity contribution in [3.8, 4) is 0 Å². The summed E-state index contributed by atoms with van der Waals surface area (Å²) in [5, 5.41) is 30.2. The minimum atomic E-state index is -0.353. The molecule has 17 heavy (non-hydrogen) atoms. The molecule has 0 bridgehead atoms. The zero-order chi connectivity index (χ0) is 12.9. The van der Waals surface area contributed by atoms with Crippen LogP contribution in [0, 0.1) is 0 Å². The van der Waals surface area contributed by atoms with E-state index in [1.54, 1.807) is 0 Å². The van der Waals surface area contributed by atoms with Crippen LogP contribution < -0.4 is 5.32 Å². The average molecular weight is 249 g/mol. The van der Waals surface area contributed by atoms with Gasteiger partial charge in [0.2, 0.25) is 5.91 Å². The summed E-state index contributed by atoms with van der Waals surface area (Å²) in [5.74, 6) is -0.272. The maximum absolute atomic E-state index is 11.2. The zero-order valence-electron chi connectivity index (χ0n) is 9.93. The minimum absolute atomic E-state index is 0.0144. The molecule has 0 atom stereocenters. The molecule has 0 unspecified atom stereocenters. The number of ether oxygens (including phenoxy) is 1. The van der Waals surface area contributed by atoms with E-state index in [1.807, 2.05) is 4.90 Å². The number of hydrogen-bond donors (Lipinski definition) is 3. The average Bonchev–Trinajstić information content (AvgIpc) is 2.30. The molecule has 7 heteroatoms. The first kappa shape index (κ1) is 16.3. The molecule has 101 valence electrons. The number of carbonyl (C=O) groups is 1. The van der Waals surface area contributed by atoms with Gasteiger partial charge in [-0.05, 0) is 0 Å². The number of aliphatic hydroxyl groups excluding tert-OH is 2. The molecule has 0 aromatic rings. The predicted octanol–water partition coefficient (Wildman–Crippen LogP) is -2.16. The standard InChI is InChI=1S/C10H21N2O5/c13-5-3-12(4-6-14)2-1-11-10(16)9-17-8-7-15/h13-14H,1-9H2,(H,11,16). The second-order valence-corrected chi connectivity index (χ2v) is 3.40. The first-order valence-electron chi connectivity index (χ1n) is 5.61. The van der Waals surface area contributed by atoms with Gasteiger partial charge in [-0.2, -0.15) is 0 Å². The van der Waals surface area contributed by atoms with E-state index in [0.717, 1.165) is 0 Å². The van der Waals surface area contributed by atoms with Gasteiger partial charge >= 0.3 is 0 Å². The lowest BCUT2D eigenvalue weighted by molar-refractivity contribution is -0.126. The molecule has 0 fully saturated rings. The quantitative estimate of drug-likeness (QED) is 0.362. The van der Waals surface area contributed by atoms with Gasteiger partial charge in [-0.3, -0.25) is 9.69 Å². The highest BCUT2D eigenvalue weighted by Gasteiger charge is 2.05. The van der Waals surface area contributed by atoms with Crippen LogP contribution in [0.2, 0.25) is 0 Å². The SMILES string of the molecule is [O]CCOCC(=O)NCCN(CCO)CCO. The van der Waals surface area contributed by atoms with E-state index < -0.39 is 0 Å². The first-order valence-corrected chi connectivity index (χ1v) is 5.61. The van der Waals surface area contributed by atoms with Crippen molar-refractivity contribution in [2.75, 3.05) is 59.2 Å². The van der Waals surface area contributed by atoms with Crippen molar-refractivity contribution >= 4 is 5.91 Å². The summed E-state index contributed by atoms with van der Waals surface area (Å²) in [6.07, 6.45) is 0. The van der Waals surface area contributed by atoms with E-state index >= 15 is 0 Å². The highest BCUT2D eigenvalue weighted by atomic mass is 16.5. The molecule has 0 aliphatic carbocycles. The van der Waals surface area contributed by atoms with Gasteiger partial charge in [-0.1, -0.05) is 0 Å². The molecule has 7 nitrogen and oxygen atoms in total. The number of hydrogen-bond acceptors (Lipinski definition) is 5. The Bertz CT molecular complexity index is 186. The Morgan fingerprint density at radius 2 is 1.82 bits per heavy atom. The first-order chi connectivity index (χ1) is 8.24. The van der Waals surface area contributed by atoms with Gasteiger partial charge in [-0.15, -0.1) is 0 Å². The fourth-order valence-corrected chi connectivity index (χ4v) is 1.25. The largest absolute Gasteiger partial charge is 0.395 e. The number of carbonyl (C=O) groups excluding carboxylic acids is 1. The molecular formula is C10H21N2O5. The topological polar surface area (TPSA) is 102 Å². The molecule has 0 saturated carbocycles. The van der Waals surface area contributed by atoms with Crippen LogP contribution in [0.4, 0.5) is 0 Å². The molecule has 0 spiro atoms. The Kier molecular flexibility index (Phi) is 11.2. The van der Waals surface area contributed by atoms with Crippen molar-refractivity contribution in [3.63, 3.8) is 0 Å². The van der Waals surface area contributed by atoms with Gasteiger partial charge < -0.3 is 20.3 Å². The fourth-order valence-electron chi connectivity index (χ4n) is 1.25. The third-order valence-electron chi connectivity index (χ3n) is 2.04. The predicted molar refractivity (Wildman–Crippen MR) is 60.0 cm³/mol. The minimum Gasteiger partial charge on any atom is -0.395 e. The highest BCUT2D eigenvalue weighted by molar-refractivity contribution is 5.77. The molecule has 0 rings (SSSR count). The molecule has 1 radical (unpaired) electrons. The Hall–Kier alpha value is -0.730. The van der Waals surface area contributed by atoms with Crippen LogP contribution >= 0.6 is 0 Å². The Balaban J connectivity index is 3.54. The molecule has 0 heterocycles. The molecule has 0 saturated heterocycles. The van der Waals surface area contributed by atoms with E-state index in [2.05, 4.69) is 5.32 Å². The summed E-state index contributed by atoms with van der Waals surface area (Å²) >= 11 is 0. The number of aliphatic hydroxyl groups is 2. The number of rotatable bonds is 11. The summed E-state index contributed by atoms with van der Waals surface area (Å²) in [5.41, 5.74) is 0. The van der Waals surface area contributed by atoms with Gasteiger partial charge in [0.1, 0.15) is 13.2 Å². The molecule has 1 amide bonds. The lowest BCUT2D eigenvalue weighted by atomic mass is 10.4. The molecule has 0 aromatic heterocycles. The van der Waals surface area contributed by atoms with Crippen molar-refractivity contribution in [1.29, 1.82) is 0 Å². The lowest BCUT2D eigenvalue weighted by Crippen LogP contribution is -2.38. The summed E-state index contributed by atoms with van der Waals surface area (Å²) in [7, 11) is 0. The van der Waals surface area contributed by atoms with Crippen LogP contribution in [0.5, 0.6) is 0 Å². The van der Waals surface area contributed by atoms with E-state index in [-0.39, 0.29) is 38.9 Å². The van der Waals surface area contributed by atoms with Crippen molar-refractivity contribution in [1.82, 2.24) is 10.2 Å². The van der Waals surface area contributed by atoms with Gasteiger partial charge in [0.15, 0.2) is 0 Å². The van der Waals surface area contributed by atoms with Crippen LogP contribution in [-0.4, -0.2) is 80.2 Å². The molecular weight excluding hydrogens is 228 g/mol. The van der Waals surface area contributed by atoms with Crippen molar-refractivity contribution < 1.29 is 24.9 Å². The second-order valence-electron chi connectivity index (χ2n) is 3.40. The summed E-state index contributed by atoms with van der Waals surface area (Å²) in [6, 6.07) is 0. The third-order valence-corrected chi connectivity index (χ3v) is 2.04. The Morgan fingerprint density at radius 3 is 2.35 bits per heavy atom. The summed E-state index contributed by atoms with van der Waals surface area (Å²) < 4.78 is 4.78. The normalized spacial score (nSPS) is 10.8. The van der Waals surface area contributed by atoms with Gasteiger partial charge in [0.25, 0.3) is 0 Å². The van der Waals surface area contributed by atoms with E-state index in [9.17, 15) is 9.90 Å². The molecule has 3 N–H and O–H groups in total. The molecule has 0 aromatic carbocycles. The zero-order valence-corrected chi connectivity index (χ0v) is 9.93. The highest BCUT2D eigenvalue weighted by Crippen LogP contribution is 1.85. The fraction of sp³-hybridized carbons (Fsp3) is 0.900. The molecule has 0 aliphatic rings. The van der Waals surface area contributed by atoms with E-state index in [1.165, 1.54) is 0 Å². The van der Waals surface area contributed by atoms with Crippen molar-refractivity contribution in [2.24, 2.45) is 0 Å². The molecule has 0 aliphatic heterocycles. The summed E-state index contributed by atoms with van der Waals surface area (Å²) in [4.78, 5) is 13.0.